The maximum Gasteiger partial charge on any atom is 0.336 e. The van der Waals surface area contributed by atoms with Gasteiger partial charge in [-0.2, -0.15) is 0 Å². The maximum absolute atomic E-state index is 11.3. The number of hydrogen-bond acceptors (Lipinski definition) is 4. The van der Waals surface area contributed by atoms with Gasteiger partial charge in [0.25, 0.3) is 0 Å². The molecule has 1 unspecified atom stereocenters. The molecule has 0 spiro atoms. The highest BCUT2D eigenvalue weighted by Crippen LogP contribution is 2.26. The monoisotopic (exact) mass is 331 g/mol. The molecule has 1 aromatic heterocycles. The zero-order chi connectivity index (χ0) is 17.1. The fourth-order valence-corrected chi connectivity index (χ4v) is 3.08. The average Bonchev–Trinajstić information content (AvgIpc) is 2.97. The molecule has 0 aliphatic carbocycles. The van der Waals surface area contributed by atoms with Crippen LogP contribution in [0.3, 0.4) is 0 Å². The van der Waals surface area contributed by atoms with Gasteiger partial charge in [0.1, 0.15) is 6.10 Å². The summed E-state index contributed by atoms with van der Waals surface area (Å²) < 4.78 is 6.19. The van der Waals surface area contributed by atoms with Crippen LogP contribution in [0.5, 0.6) is 5.88 Å². The van der Waals surface area contributed by atoms with E-state index in [1.165, 1.54) is 0 Å². The van der Waals surface area contributed by atoms with Crippen molar-refractivity contribution in [2.24, 2.45) is 5.92 Å². The van der Waals surface area contributed by atoms with Crippen molar-refractivity contribution in [3.63, 3.8) is 0 Å². The van der Waals surface area contributed by atoms with Crippen LogP contribution in [0.25, 0.3) is 10.9 Å². The van der Waals surface area contributed by atoms with E-state index >= 15 is 0 Å². The third-order valence-corrected chi connectivity index (χ3v) is 4.54. The molecule has 0 radical (unpaired) electrons. The molecule has 0 bridgehead atoms. The molecule has 1 aliphatic heterocycles. The SMILES string of the molecule is CC(C)C(CN1CCNCC1)Oc1cc2c(C(=O)O)cccc2[nH]1. The number of H-pyrrole nitrogens is 1. The topological polar surface area (TPSA) is 77.6 Å². The molecule has 3 N–H and O–H groups in total. The van der Waals surface area contributed by atoms with Crippen molar-refractivity contribution >= 4 is 16.9 Å². The Morgan fingerprint density at radius 2 is 2.08 bits per heavy atom. The molecule has 0 saturated carbocycles. The number of carboxylic acid groups (broad SMARTS) is 1. The second-order valence-electron chi connectivity index (χ2n) is 6.66. The number of nitrogens with one attached hydrogen (secondary N) is 2. The van der Waals surface area contributed by atoms with Crippen LogP contribution in [-0.4, -0.2) is 59.8 Å². The highest BCUT2D eigenvalue weighted by molar-refractivity contribution is 6.03. The lowest BCUT2D eigenvalue weighted by Crippen LogP contribution is -2.48. The van der Waals surface area contributed by atoms with Gasteiger partial charge in [0.2, 0.25) is 0 Å². The van der Waals surface area contributed by atoms with Crippen LogP contribution in [0, 0.1) is 5.92 Å². The van der Waals surface area contributed by atoms with Gasteiger partial charge in [-0.1, -0.05) is 19.9 Å². The van der Waals surface area contributed by atoms with E-state index in [2.05, 4.69) is 29.0 Å². The predicted octanol–water partition coefficient (Wildman–Crippen LogP) is 2.17. The molecule has 24 heavy (non-hydrogen) atoms. The first-order chi connectivity index (χ1) is 11.5. The van der Waals surface area contributed by atoms with Crippen LogP contribution < -0.4 is 10.1 Å². The van der Waals surface area contributed by atoms with Gasteiger partial charge in [-0.05, 0) is 18.1 Å². The molecule has 1 atom stereocenters. The summed E-state index contributed by atoms with van der Waals surface area (Å²) in [6, 6.07) is 7.02. The van der Waals surface area contributed by atoms with Crippen LogP contribution in [-0.2, 0) is 0 Å². The fourth-order valence-electron chi connectivity index (χ4n) is 3.08. The lowest BCUT2D eigenvalue weighted by atomic mass is 10.1. The number of hydrogen-bond donors (Lipinski definition) is 3. The molecule has 6 nitrogen and oxygen atoms in total. The minimum atomic E-state index is -0.924. The molecule has 1 fully saturated rings. The second-order valence-corrected chi connectivity index (χ2v) is 6.66. The molecule has 130 valence electrons. The Balaban J connectivity index is 1.78. The van der Waals surface area contributed by atoms with Crippen LogP contribution >= 0.6 is 0 Å². The summed E-state index contributed by atoms with van der Waals surface area (Å²) in [5, 5.41) is 13.4. The summed E-state index contributed by atoms with van der Waals surface area (Å²) in [5.41, 5.74) is 1.08. The molecule has 2 aromatic rings. The van der Waals surface area contributed by atoms with Crippen LogP contribution in [0.1, 0.15) is 24.2 Å². The number of fused-ring (bicyclic) bond motifs is 1. The van der Waals surface area contributed by atoms with E-state index in [1.807, 2.05) is 6.07 Å². The largest absolute Gasteiger partial charge is 0.478 e. The number of carboxylic acids is 1. The van der Waals surface area contributed by atoms with Crippen LogP contribution in [0.2, 0.25) is 0 Å². The molecular formula is C18H25N3O3. The normalized spacial score (nSPS) is 17.3. The van der Waals surface area contributed by atoms with Crippen molar-refractivity contribution in [1.29, 1.82) is 0 Å². The molecule has 1 saturated heterocycles. The Labute approximate surface area is 141 Å². The van der Waals surface area contributed by atoms with Gasteiger partial charge in [-0.15, -0.1) is 0 Å². The van der Waals surface area contributed by atoms with Crippen molar-refractivity contribution in [2.45, 2.75) is 20.0 Å². The van der Waals surface area contributed by atoms with Gasteiger partial charge in [0.05, 0.1) is 5.56 Å². The van der Waals surface area contributed by atoms with Gasteiger partial charge in [0.15, 0.2) is 5.88 Å². The van der Waals surface area contributed by atoms with E-state index in [0.29, 0.717) is 22.7 Å². The summed E-state index contributed by atoms with van der Waals surface area (Å²) >= 11 is 0. The van der Waals surface area contributed by atoms with E-state index in [-0.39, 0.29) is 6.10 Å². The highest BCUT2D eigenvalue weighted by atomic mass is 16.5. The van der Waals surface area contributed by atoms with Crippen LogP contribution in [0.4, 0.5) is 0 Å². The molecule has 0 amide bonds. The number of aromatic amines is 1. The Morgan fingerprint density at radius 3 is 2.75 bits per heavy atom. The zero-order valence-electron chi connectivity index (χ0n) is 14.2. The second kappa shape index (κ2) is 7.23. The number of aromatic carboxylic acids is 1. The summed E-state index contributed by atoms with van der Waals surface area (Å²) in [6.07, 6.45) is 0.0597. The van der Waals surface area contributed by atoms with Gasteiger partial charge in [-0.3, -0.25) is 4.90 Å². The number of nitrogens with zero attached hydrogens (tertiary/aromatic N) is 1. The number of benzene rings is 1. The minimum Gasteiger partial charge on any atom is -0.478 e. The van der Waals surface area contributed by atoms with Crippen LogP contribution in [0.15, 0.2) is 24.3 Å². The van der Waals surface area contributed by atoms with Crippen molar-refractivity contribution in [2.75, 3.05) is 32.7 Å². The fraction of sp³-hybridized carbons (Fsp3) is 0.500. The number of aromatic nitrogens is 1. The summed E-state index contributed by atoms with van der Waals surface area (Å²) in [5.74, 6) is 0.0742. The molecule has 2 heterocycles. The first-order valence-electron chi connectivity index (χ1n) is 8.49. The predicted molar refractivity (Wildman–Crippen MR) is 93.8 cm³/mol. The Morgan fingerprint density at radius 1 is 1.33 bits per heavy atom. The van der Waals surface area contributed by atoms with Crippen molar-refractivity contribution in [3.8, 4) is 5.88 Å². The summed E-state index contributed by atoms with van der Waals surface area (Å²) in [4.78, 5) is 17.0. The minimum absolute atomic E-state index is 0.0597. The lowest BCUT2D eigenvalue weighted by molar-refractivity contribution is 0.0699. The maximum atomic E-state index is 11.3. The zero-order valence-corrected chi connectivity index (χ0v) is 14.2. The van der Waals surface area contributed by atoms with Crippen molar-refractivity contribution in [3.05, 3.63) is 29.8 Å². The summed E-state index contributed by atoms with van der Waals surface area (Å²) in [7, 11) is 0. The molecule has 3 rings (SSSR count). The van der Waals surface area contributed by atoms with E-state index in [4.69, 9.17) is 4.74 Å². The number of rotatable bonds is 6. The smallest absolute Gasteiger partial charge is 0.336 e. The third-order valence-electron chi connectivity index (χ3n) is 4.54. The third kappa shape index (κ3) is 3.71. The van der Waals surface area contributed by atoms with Gasteiger partial charge < -0.3 is 20.1 Å². The molecule has 1 aromatic carbocycles. The Hall–Kier alpha value is -2.05. The van der Waals surface area contributed by atoms with Gasteiger partial charge in [-0.25, -0.2) is 4.79 Å². The standard InChI is InChI=1S/C18H25N3O3/c1-12(2)16(11-21-8-6-19-7-9-21)24-17-10-14-13(18(22)23)4-3-5-15(14)20-17/h3-5,10,12,16,19-20H,6-9,11H2,1-2H3,(H,22,23). The average molecular weight is 331 g/mol. The Kier molecular flexibility index (Phi) is 5.06. The summed E-state index contributed by atoms with van der Waals surface area (Å²) in [6.45, 7) is 9.26. The van der Waals surface area contributed by atoms with Crippen molar-refractivity contribution < 1.29 is 14.6 Å². The molecular weight excluding hydrogens is 306 g/mol. The lowest BCUT2D eigenvalue weighted by Gasteiger charge is -2.32. The van der Waals surface area contributed by atoms with E-state index < -0.39 is 5.97 Å². The quantitative estimate of drug-likeness (QED) is 0.756. The van der Waals surface area contributed by atoms with E-state index in [1.54, 1.807) is 18.2 Å². The van der Waals surface area contributed by atoms with Crippen molar-refractivity contribution in [1.82, 2.24) is 15.2 Å². The van der Waals surface area contributed by atoms with E-state index in [9.17, 15) is 9.90 Å². The first kappa shape index (κ1) is 16.8. The van der Waals surface area contributed by atoms with E-state index in [0.717, 1.165) is 38.2 Å². The number of ether oxygens (including phenoxy) is 1. The molecule has 6 heteroatoms. The van der Waals surface area contributed by atoms with Gasteiger partial charge in [0, 0.05) is 49.7 Å². The first-order valence-corrected chi connectivity index (χ1v) is 8.49. The molecule has 1 aliphatic rings. The Bertz CT molecular complexity index is 705. The highest BCUT2D eigenvalue weighted by Gasteiger charge is 2.22. The number of piperazine rings is 1. The number of carbonyl (C=O) groups is 1. The van der Waals surface area contributed by atoms with Gasteiger partial charge >= 0.3 is 5.97 Å².